The molecule has 13 heavy (non-hydrogen) atoms. The Morgan fingerprint density at radius 2 is 2.15 bits per heavy atom. The lowest BCUT2D eigenvalue weighted by Crippen LogP contribution is -2.17. The summed E-state index contributed by atoms with van der Waals surface area (Å²) in [5, 5.41) is 10.2. The number of aromatic nitrogens is 1. The zero-order chi connectivity index (χ0) is 10.1. The second-order valence-corrected chi connectivity index (χ2v) is 3.71. The van der Waals surface area contributed by atoms with Crippen molar-refractivity contribution in [3.63, 3.8) is 0 Å². The first-order chi connectivity index (χ1) is 5.95. The largest absolute Gasteiger partial charge is 0.481 e. The molecule has 0 fully saturated rings. The topological polar surface area (TPSA) is 42.4 Å². The number of rotatable bonds is 2. The smallest absolute Gasteiger partial charge is 0.219 e. The minimum atomic E-state index is -0.997. The molecule has 1 aromatic rings. The van der Waals surface area contributed by atoms with Gasteiger partial charge in [0.15, 0.2) is 0 Å². The van der Waals surface area contributed by atoms with Gasteiger partial charge in [-0.3, -0.25) is 0 Å². The minimum Gasteiger partial charge on any atom is -0.481 e. The third kappa shape index (κ3) is 2.32. The summed E-state index contributed by atoms with van der Waals surface area (Å²) in [6, 6.07) is 1.65. The maximum absolute atomic E-state index is 9.75. The van der Waals surface area contributed by atoms with E-state index in [0.717, 1.165) is 0 Å². The molecule has 0 aliphatic rings. The van der Waals surface area contributed by atoms with E-state index in [2.05, 4.69) is 4.98 Å². The Balaban J connectivity index is 3.24. The number of pyridine rings is 1. The SMILES string of the molecule is COc1ncc(Cl)cc1C(C)(C)O. The van der Waals surface area contributed by atoms with Crippen molar-refractivity contribution in [3.05, 3.63) is 22.8 Å². The van der Waals surface area contributed by atoms with E-state index in [1.54, 1.807) is 19.9 Å². The van der Waals surface area contributed by atoms with Gasteiger partial charge in [0, 0.05) is 11.8 Å². The first-order valence-electron chi connectivity index (χ1n) is 3.87. The van der Waals surface area contributed by atoms with E-state index >= 15 is 0 Å². The summed E-state index contributed by atoms with van der Waals surface area (Å²) in [6.45, 7) is 3.31. The second kappa shape index (κ2) is 3.52. The summed E-state index contributed by atoms with van der Waals surface area (Å²) in [6.07, 6.45) is 1.48. The molecule has 1 rings (SSSR count). The van der Waals surface area contributed by atoms with E-state index in [-0.39, 0.29) is 0 Å². The van der Waals surface area contributed by atoms with Crippen LogP contribution in [0.3, 0.4) is 0 Å². The Labute approximate surface area is 82.3 Å². The number of hydrogen-bond donors (Lipinski definition) is 1. The fourth-order valence-corrected chi connectivity index (χ4v) is 1.19. The molecule has 3 nitrogen and oxygen atoms in total. The second-order valence-electron chi connectivity index (χ2n) is 3.27. The van der Waals surface area contributed by atoms with Gasteiger partial charge in [-0.15, -0.1) is 0 Å². The minimum absolute atomic E-state index is 0.400. The monoisotopic (exact) mass is 201 g/mol. The average molecular weight is 202 g/mol. The van der Waals surface area contributed by atoms with Gasteiger partial charge in [0.1, 0.15) is 0 Å². The molecule has 4 heteroatoms. The van der Waals surface area contributed by atoms with Crippen molar-refractivity contribution in [2.45, 2.75) is 19.4 Å². The van der Waals surface area contributed by atoms with Gasteiger partial charge in [0.2, 0.25) is 5.88 Å². The molecule has 0 amide bonds. The predicted octanol–water partition coefficient (Wildman–Crippen LogP) is 1.97. The highest BCUT2D eigenvalue weighted by molar-refractivity contribution is 6.30. The molecule has 72 valence electrons. The standard InChI is InChI=1S/C9H12ClNO2/c1-9(2,12)7-4-6(10)5-11-8(7)13-3/h4-5,12H,1-3H3. The first kappa shape index (κ1) is 10.3. The molecule has 0 radical (unpaired) electrons. The van der Waals surface area contributed by atoms with Crippen molar-refractivity contribution in [3.8, 4) is 5.88 Å². The van der Waals surface area contributed by atoms with Crippen LogP contribution < -0.4 is 4.74 Å². The van der Waals surface area contributed by atoms with E-state index in [1.807, 2.05) is 0 Å². The van der Waals surface area contributed by atoms with Gasteiger partial charge >= 0.3 is 0 Å². The number of hydrogen-bond acceptors (Lipinski definition) is 3. The Morgan fingerprint density at radius 1 is 1.54 bits per heavy atom. The van der Waals surface area contributed by atoms with E-state index < -0.39 is 5.60 Å². The summed E-state index contributed by atoms with van der Waals surface area (Å²) in [5.74, 6) is 0.400. The van der Waals surface area contributed by atoms with Crippen LogP contribution in [0, 0.1) is 0 Å². The van der Waals surface area contributed by atoms with Crippen molar-refractivity contribution < 1.29 is 9.84 Å². The highest BCUT2D eigenvalue weighted by Crippen LogP contribution is 2.29. The molecule has 0 aliphatic carbocycles. The fraction of sp³-hybridized carbons (Fsp3) is 0.444. The zero-order valence-electron chi connectivity index (χ0n) is 7.84. The van der Waals surface area contributed by atoms with Crippen LogP contribution in [0.1, 0.15) is 19.4 Å². The van der Waals surface area contributed by atoms with Crippen LogP contribution in [-0.2, 0) is 5.60 Å². The van der Waals surface area contributed by atoms with Crippen LogP contribution in [0.15, 0.2) is 12.3 Å². The van der Waals surface area contributed by atoms with Crippen LogP contribution in [0.5, 0.6) is 5.88 Å². The van der Waals surface area contributed by atoms with Crippen molar-refractivity contribution >= 4 is 11.6 Å². The molecule has 1 aromatic heterocycles. The van der Waals surface area contributed by atoms with Gasteiger partial charge in [-0.2, -0.15) is 0 Å². The van der Waals surface area contributed by atoms with Gasteiger partial charge in [-0.1, -0.05) is 11.6 Å². The summed E-state index contributed by atoms with van der Waals surface area (Å²) in [4.78, 5) is 3.95. The highest BCUT2D eigenvalue weighted by Gasteiger charge is 2.22. The van der Waals surface area contributed by atoms with E-state index in [0.29, 0.717) is 16.5 Å². The number of aliphatic hydroxyl groups is 1. The lowest BCUT2D eigenvalue weighted by atomic mass is 10.00. The summed E-state index contributed by atoms with van der Waals surface area (Å²) in [5.41, 5.74) is -0.411. The van der Waals surface area contributed by atoms with E-state index in [9.17, 15) is 5.11 Å². The highest BCUT2D eigenvalue weighted by atomic mass is 35.5. The molecular weight excluding hydrogens is 190 g/mol. The molecule has 0 aromatic carbocycles. The third-order valence-electron chi connectivity index (χ3n) is 1.67. The molecule has 0 atom stereocenters. The zero-order valence-corrected chi connectivity index (χ0v) is 8.59. The van der Waals surface area contributed by atoms with Crippen LogP contribution in [0.4, 0.5) is 0 Å². The van der Waals surface area contributed by atoms with Crippen molar-refractivity contribution in [2.24, 2.45) is 0 Å². The molecule has 1 heterocycles. The van der Waals surface area contributed by atoms with Gasteiger partial charge in [0.25, 0.3) is 0 Å². The molecule has 0 bridgehead atoms. The molecular formula is C9H12ClNO2. The van der Waals surface area contributed by atoms with Gasteiger partial charge in [0.05, 0.1) is 17.7 Å². The fourth-order valence-electron chi connectivity index (χ4n) is 1.03. The van der Waals surface area contributed by atoms with Crippen molar-refractivity contribution in [1.29, 1.82) is 0 Å². The van der Waals surface area contributed by atoms with Crippen LogP contribution >= 0.6 is 11.6 Å². The third-order valence-corrected chi connectivity index (χ3v) is 1.88. The normalized spacial score (nSPS) is 11.5. The molecule has 1 N–H and O–H groups in total. The Morgan fingerprint density at radius 3 is 2.62 bits per heavy atom. The summed E-state index contributed by atoms with van der Waals surface area (Å²) in [7, 11) is 1.51. The Bertz CT molecular complexity index is 307. The summed E-state index contributed by atoms with van der Waals surface area (Å²) < 4.78 is 5.00. The quantitative estimate of drug-likeness (QED) is 0.796. The van der Waals surface area contributed by atoms with Crippen LogP contribution in [0.2, 0.25) is 5.02 Å². The number of halogens is 1. The predicted molar refractivity (Wildman–Crippen MR) is 51.0 cm³/mol. The van der Waals surface area contributed by atoms with Gasteiger partial charge in [-0.25, -0.2) is 4.98 Å². The maximum Gasteiger partial charge on any atom is 0.219 e. The van der Waals surface area contributed by atoms with Gasteiger partial charge < -0.3 is 9.84 Å². The average Bonchev–Trinajstić information content (AvgIpc) is 2.03. The van der Waals surface area contributed by atoms with E-state index in [1.165, 1.54) is 13.3 Å². The first-order valence-corrected chi connectivity index (χ1v) is 4.25. The van der Waals surface area contributed by atoms with Crippen LogP contribution in [-0.4, -0.2) is 17.2 Å². The van der Waals surface area contributed by atoms with Crippen molar-refractivity contribution in [2.75, 3.05) is 7.11 Å². The van der Waals surface area contributed by atoms with Crippen LogP contribution in [0.25, 0.3) is 0 Å². The Kier molecular flexibility index (Phi) is 2.78. The number of nitrogens with zero attached hydrogens (tertiary/aromatic N) is 1. The van der Waals surface area contributed by atoms with E-state index in [4.69, 9.17) is 16.3 Å². The number of ether oxygens (including phenoxy) is 1. The molecule has 0 saturated heterocycles. The van der Waals surface area contributed by atoms with Crippen molar-refractivity contribution in [1.82, 2.24) is 4.98 Å². The molecule has 0 unspecified atom stereocenters. The molecule has 0 spiro atoms. The molecule has 0 saturated carbocycles. The number of methoxy groups -OCH3 is 1. The van der Waals surface area contributed by atoms with Gasteiger partial charge in [-0.05, 0) is 19.9 Å². The maximum atomic E-state index is 9.75. The lowest BCUT2D eigenvalue weighted by molar-refractivity contribution is 0.0749. The Hall–Kier alpha value is -0.800. The summed E-state index contributed by atoms with van der Waals surface area (Å²) >= 11 is 5.75. The molecule has 0 aliphatic heterocycles. The lowest BCUT2D eigenvalue weighted by Gasteiger charge is -2.19.